The number of hydrogen-bond acceptors (Lipinski definition) is 7. The van der Waals surface area contributed by atoms with Gasteiger partial charge in [0.1, 0.15) is 12.2 Å². The molecule has 0 radical (unpaired) electrons. The summed E-state index contributed by atoms with van der Waals surface area (Å²) in [5, 5.41) is 0. The van der Waals surface area contributed by atoms with Crippen molar-refractivity contribution in [2.75, 3.05) is 19.3 Å². The van der Waals surface area contributed by atoms with E-state index in [2.05, 4.69) is 16.9 Å². The second kappa shape index (κ2) is 9.28. The van der Waals surface area contributed by atoms with Gasteiger partial charge in [-0.3, -0.25) is 4.98 Å². The van der Waals surface area contributed by atoms with E-state index in [0.29, 0.717) is 19.0 Å². The average Bonchev–Trinajstić information content (AvgIpc) is 2.71. The number of amides is 1. The van der Waals surface area contributed by atoms with Crippen LogP contribution in [0.25, 0.3) is 5.57 Å². The Labute approximate surface area is 189 Å². The van der Waals surface area contributed by atoms with Crippen molar-refractivity contribution in [3.05, 3.63) is 54.0 Å². The van der Waals surface area contributed by atoms with E-state index in [4.69, 9.17) is 9.47 Å². The molecule has 0 saturated heterocycles. The largest absolute Gasteiger partial charge is 0.471 e. The summed E-state index contributed by atoms with van der Waals surface area (Å²) in [4.78, 5) is 22.7. The highest BCUT2D eigenvalue weighted by Gasteiger charge is 2.27. The zero-order chi connectivity index (χ0) is 23.5. The van der Waals surface area contributed by atoms with E-state index >= 15 is 0 Å². The Morgan fingerprint density at radius 2 is 1.91 bits per heavy atom. The number of carbonyl (C=O) groups is 1. The Hall–Kier alpha value is -2.94. The second-order valence-electron chi connectivity index (χ2n) is 8.88. The fourth-order valence-electron chi connectivity index (χ4n) is 3.29. The summed E-state index contributed by atoms with van der Waals surface area (Å²) in [6.45, 7) is 8.94. The van der Waals surface area contributed by atoms with Crippen LogP contribution < -0.4 is 4.74 Å². The van der Waals surface area contributed by atoms with Crippen molar-refractivity contribution < 1.29 is 22.7 Å². The highest BCUT2D eigenvalue weighted by Crippen LogP contribution is 2.28. The maximum atomic E-state index is 12.3. The van der Waals surface area contributed by atoms with Crippen LogP contribution in [-0.4, -0.2) is 54.3 Å². The van der Waals surface area contributed by atoms with E-state index in [0.717, 1.165) is 23.1 Å². The molecule has 0 aromatic carbocycles. The Balaban J connectivity index is 1.60. The summed E-state index contributed by atoms with van der Waals surface area (Å²) >= 11 is 0. The minimum Gasteiger partial charge on any atom is -0.471 e. The average molecular weight is 460 g/mol. The molecule has 1 atom stereocenters. The van der Waals surface area contributed by atoms with E-state index in [1.807, 2.05) is 39.0 Å². The lowest BCUT2D eigenvalue weighted by atomic mass is 9.91. The molecule has 0 spiro atoms. The molecule has 9 heteroatoms. The predicted octanol–water partition coefficient (Wildman–Crippen LogP) is 3.73. The molecule has 8 nitrogen and oxygen atoms in total. The topological polar surface area (TPSA) is 98.7 Å². The van der Waals surface area contributed by atoms with E-state index in [9.17, 15) is 13.2 Å². The molecular weight excluding hydrogens is 430 g/mol. The van der Waals surface area contributed by atoms with Gasteiger partial charge in [0.05, 0.1) is 10.6 Å². The Morgan fingerprint density at radius 3 is 2.44 bits per heavy atom. The number of pyridine rings is 2. The molecule has 3 heterocycles. The van der Waals surface area contributed by atoms with Crippen LogP contribution in [0.1, 0.15) is 39.0 Å². The first kappa shape index (κ1) is 23.7. The molecule has 1 amide bonds. The lowest BCUT2D eigenvalue weighted by Gasteiger charge is -2.33. The number of rotatable bonds is 5. The minimum absolute atomic E-state index is 0.146. The highest BCUT2D eigenvalue weighted by atomic mass is 32.2. The molecule has 1 unspecified atom stereocenters. The van der Waals surface area contributed by atoms with Gasteiger partial charge in [-0.2, -0.15) is 0 Å². The molecule has 2 aromatic rings. The second-order valence-corrected chi connectivity index (χ2v) is 10.9. The SMILES string of the molecule is CC1CN(C(=O)OC(C)(C)C)CC=C1c1ccc(COc2ccc(S(C)(=O)=O)cn2)nc1. The summed E-state index contributed by atoms with van der Waals surface area (Å²) in [5.41, 5.74) is 2.35. The lowest BCUT2D eigenvalue weighted by molar-refractivity contribution is 0.0251. The Morgan fingerprint density at radius 1 is 1.16 bits per heavy atom. The summed E-state index contributed by atoms with van der Waals surface area (Å²) < 4.78 is 34.1. The van der Waals surface area contributed by atoms with Crippen molar-refractivity contribution >= 4 is 21.5 Å². The minimum atomic E-state index is -3.29. The first-order chi connectivity index (χ1) is 14.9. The monoisotopic (exact) mass is 459 g/mol. The molecule has 1 aliphatic heterocycles. The Kier molecular flexibility index (Phi) is 6.88. The highest BCUT2D eigenvalue weighted by molar-refractivity contribution is 7.90. The third kappa shape index (κ3) is 6.29. The van der Waals surface area contributed by atoms with Gasteiger partial charge in [0, 0.05) is 37.8 Å². The molecule has 1 aliphatic rings. The fourth-order valence-corrected chi connectivity index (χ4v) is 3.85. The molecule has 0 fully saturated rings. The van der Waals surface area contributed by atoms with Gasteiger partial charge < -0.3 is 14.4 Å². The molecule has 2 aromatic heterocycles. The van der Waals surface area contributed by atoms with Crippen LogP contribution in [0.4, 0.5) is 4.79 Å². The molecule has 32 heavy (non-hydrogen) atoms. The first-order valence-corrected chi connectivity index (χ1v) is 12.2. The zero-order valence-electron chi connectivity index (χ0n) is 19.0. The van der Waals surface area contributed by atoms with Gasteiger partial charge >= 0.3 is 6.09 Å². The lowest BCUT2D eigenvalue weighted by Crippen LogP contribution is -2.41. The quantitative estimate of drug-likeness (QED) is 0.672. The van der Waals surface area contributed by atoms with Crippen molar-refractivity contribution in [3.8, 4) is 5.88 Å². The third-order valence-electron chi connectivity index (χ3n) is 4.87. The van der Waals surface area contributed by atoms with Gasteiger partial charge in [0.15, 0.2) is 9.84 Å². The third-order valence-corrected chi connectivity index (χ3v) is 5.97. The van der Waals surface area contributed by atoms with Crippen LogP contribution in [0, 0.1) is 5.92 Å². The maximum Gasteiger partial charge on any atom is 0.410 e. The van der Waals surface area contributed by atoms with Crippen molar-refractivity contribution in [1.82, 2.24) is 14.9 Å². The molecule has 0 bridgehead atoms. The molecular formula is C23H29N3O5S. The number of nitrogens with zero attached hydrogens (tertiary/aromatic N) is 3. The first-order valence-electron chi connectivity index (χ1n) is 10.3. The molecule has 172 valence electrons. The molecule has 0 N–H and O–H groups in total. The van der Waals surface area contributed by atoms with Crippen LogP contribution in [0.3, 0.4) is 0 Å². The van der Waals surface area contributed by atoms with E-state index in [1.54, 1.807) is 11.1 Å². The summed E-state index contributed by atoms with van der Waals surface area (Å²) in [7, 11) is -3.29. The zero-order valence-corrected chi connectivity index (χ0v) is 19.8. The molecule has 0 aliphatic carbocycles. The molecule has 0 saturated carbocycles. The van der Waals surface area contributed by atoms with Crippen molar-refractivity contribution in [3.63, 3.8) is 0 Å². The van der Waals surface area contributed by atoms with Crippen molar-refractivity contribution in [1.29, 1.82) is 0 Å². The number of aromatic nitrogens is 2. The van der Waals surface area contributed by atoms with Gasteiger partial charge in [0.25, 0.3) is 0 Å². The van der Waals surface area contributed by atoms with Crippen molar-refractivity contribution in [2.24, 2.45) is 5.92 Å². The number of ether oxygens (including phenoxy) is 2. The Bertz CT molecular complexity index is 1090. The van der Waals surface area contributed by atoms with Crippen LogP contribution in [-0.2, 0) is 21.2 Å². The van der Waals surface area contributed by atoms with E-state index in [-0.39, 0.29) is 23.5 Å². The van der Waals surface area contributed by atoms with Gasteiger partial charge in [0.2, 0.25) is 5.88 Å². The number of sulfone groups is 1. The van der Waals surface area contributed by atoms with Crippen LogP contribution >= 0.6 is 0 Å². The van der Waals surface area contributed by atoms with E-state index < -0.39 is 15.4 Å². The van der Waals surface area contributed by atoms with Crippen molar-refractivity contribution in [2.45, 2.75) is 44.8 Å². The standard InChI is InChI=1S/C23H29N3O5S/c1-16-14-26(22(27)31-23(2,3)4)11-10-20(16)17-6-7-18(24-12-17)15-30-21-9-8-19(13-25-21)32(5,28)29/h6-10,12-13,16H,11,14-15H2,1-5H3. The van der Waals surface area contributed by atoms with E-state index in [1.165, 1.54) is 18.3 Å². The van der Waals surface area contributed by atoms with Crippen LogP contribution in [0.2, 0.25) is 0 Å². The van der Waals surface area contributed by atoms with Gasteiger partial charge in [-0.25, -0.2) is 18.2 Å². The van der Waals surface area contributed by atoms with Gasteiger partial charge in [-0.15, -0.1) is 0 Å². The fraction of sp³-hybridized carbons (Fsp3) is 0.435. The van der Waals surface area contributed by atoms with Gasteiger partial charge in [-0.05, 0) is 50.0 Å². The summed E-state index contributed by atoms with van der Waals surface area (Å²) in [5.74, 6) is 0.479. The van der Waals surface area contributed by atoms with Crippen LogP contribution in [0.5, 0.6) is 5.88 Å². The summed E-state index contributed by atoms with van der Waals surface area (Å²) in [6, 6.07) is 6.85. The normalized spacial score (nSPS) is 17.0. The number of carbonyl (C=O) groups excluding carboxylic acids is 1. The maximum absolute atomic E-state index is 12.3. The predicted molar refractivity (Wildman–Crippen MR) is 121 cm³/mol. The molecule has 3 rings (SSSR count). The van der Waals surface area contributed by atoms with Gasteiger partial charge in [-0.1, -0.05) is 19.1 Å². The smallest absolute Gasteiger partial charge is 0.410 e. The number of hydrogen-bond donors (Lipinski definition) is 0. The summed E-state index contributed by atoms with van der Waals surface area (Å²) in [6.07, 6.45) is 5.94. The van der Waals surface area contributed by atoms with Crippen LogP contribution in [0.15, 0.2) is 47.6 Å².